The van der Waals surface area contributed by atoms with Crippen molar-refractivity contribution in [2.45, 2.75) is 13.8 Å². The molecule has 26 heavy (non-hydrogen) atoms. The Morgan fingerprint density at radius 2 is 1.96 bits per heavy atom. The van der Waals surface area contributed by atoms with Crippen molar-refractivity contribution >= 4 is 37.6 Å². The number of aryl methyl sites for hydroxylation is 1. The number of ketones is 1. The monoisotopic (exact) mass is 365 g/mol. The van der Waals surface area contributed by atoms with Gasteiger partial charge in [-0.1, -0.05) is 12.1 Å². The molecule has 0 aliphatic carbocycles. The standard InChI is InChI=1S/C19H15N3O3S/c1-9-13(10(2)23)14(11-4-6-12(25-3)7-5-11)15-16-17(26-19(15)22-9)18(24)21-8-20-16/h4-8H,1-3H3,(H,20,21,24). The van der Waals surface area contributed by atoms with Gasteiger partial charge in [0.15, 0.2) is 5.78 Å². The van der Waals surface area contributed by atoms with E-state index in [1.807, 2.05) is 31.2 Å². The van der Waals surface area contributed by atoms with Crippen molar-refractivity contribution in [1.82, 2.24) is 15.0 Å². The van der Waals surface area contributed by atoms with Crippen molar-refractivity contribution in [2.24, 2.45) is 0 Å². The van der Waals surface area contributed by atoms with Gasteiger partial charge in [-0.15, -0.1) is 11.3 Å². The van der Waals surface area contributed by atoms with Crippen LogP contribution in [0.2, 0.25) is 0 Å². The lowest BCUT2D eigenvalue weighted by Crippen LogP contribution is -2.04. The van der Waals surface area contributed by atoms with Gasteiger partial charge in [-0.3, -0.25) is 9.59 Å². The number of H-pyrrole nitrogens is 1. The second kappa shape index (κ2) is 6.03. The fraction of sp³-hybridized carbons (Fsp3) is 0.158. The Hall–Kier alpha value is -3.06. The molecule has 0 radical (unpaired) electrons. The van der Waals surface area contributed by atoms with Crippen LogP contribution in [0, 0.1) is 6.92 Å². The van der Waals surface area contributed by atoms with E-state index in [0.717, 1.165) is 22.3 Å². The van der Waals surface area contributed by atoms with Crippen molar-refractivity contribution in [3.63, 3.8) is 0 Å². The third kappa shape index (κ3) is 2.40. The average Bonchev–Trinajstić information content (AvgIpc) is 3.00. The molecule has 0 aliphatic rings. The minimum absolute atomic E-state index is 0.0769. The zero-order valence-corrected chi connectivity index (χ0v) is 15.2. The van der Waals surface area contributed by atoms with Crippen LogP contribution in [0.25, 0.3) is 31.6 Å². The summed E-state index contributed by atoms with van der Waals surface area (Å²) in [6.45, 7) is 3.34. The van der Waals surface area contributed by atoms with Crippen molar-refractivity contribution in [2.75, 3.05) is 7.11 Å². The van der Waals surface area contributed by atoms with E-state index < -0.39 is 0 Å². The first-order valence-electron chi connectivity index (χ1n) is 7.97. The number of hydrogen-bond donors (Lipinski definition) is 1. The van der Waals surface area contributed by atoms with E-state index in [9.17, 15) is 9.59 Å². The van der Waals surface area contributed by atoms with Gasteiger partial charge in [0, 0.05) is 16.5 Å². The van der Waals surface area contributed by atoms with Crippen LogP contribution in [0.15, 0.2) is 35.4 Å². The number of aromatic amines is 1. The molecular weight excluding hydrogens is 350 g/mol. The average molecular weight is 365 g/mol. The van der Waals surface area contributed by atoms with Crippen LogP contribution >= 0.6 is 11.3 Å². The highest BCUT2D eigenvalue weighted by Gasteiger charge is 2.22. The fourth-order valence-electron chi connectivity index (χ4n) is 3.20. The third-order valence-corrected chi connectivity index (χ3v) is 5.39. The molecule has 4 aromatic rings. The zero-order valence-electron chi connectivity index (χ0n) is 14.4. The number of pyridine rings is 1. The van der Waals surface area contributed by atoms with Crippen LogP contribution in [0.5, 0.6) is 5.75 Å². The molecule has 0 unspecified atom stereocenters. The second-order valence-corrected chi connectivity index (χ2v) is 6.92. The molecule has 0 amide bonds. The first-order chi connectivity index (χ1) is 12.5. The topological polar surface area (TPSA) is 84.9 Å². The number of hydrogen-bond acceptors (Lipinski definition) is 6. The maximum absolute atomic E-state index is 12.4. The molecule has 0 fully saturated rings. The number of benzene rings is 1. The van der Waals surface area contributed by atoms with Crippen LogP contribution in [0.3, 0.4) is 0 Å². The molecule has 1 aromatic carbocycles. The molecule has 0 saturated carbocycles. The molecule has 3 aromatic heterocycles. The lowest BCUT2D eigenvalue weighted by molar-refractivity contribution is 0.101. The lowest BCUT2D eigenvalue weighted by Gasteiger charge is -2.12. The molecule has 7 heteroatoms. The molecule has 0 spiro atoms. The van der Waals surface area contributed by atoms with Crippen LogP contribution in [0.1, 0.15) is 23.0 Å². The van der Waals surface area contributed by atoms with E-state index in [2.05, 4.69) is 15.0 Å². The Balaban J connectivity index is 2.21. The van der Waals surface area contributed by atoms with Gasteiger partial charge >= 0.3 is 0 Å². The van der Waals surface area contributed by atoms with Gasteiger partial charge in [-0.2, -0.15) is 0 Å². The van der Waals surface area contributed by atoms with Gasteiger partial charge in [0.25, 0.3) is 5.56 Å². The van der Waals surface area contributed by atoms with Crippen LogP contribution in [-0.4, -0.2) is 27.8 Å². The van der Waals surface area contributed by atoms with Gasteiger partial charge in [-0.05, 0) is 31.5 Å². The maximum Gasteiger partial charge on any atom is 0.268 e. The number of aromatic nitrogens is 3. The van der Waals surface area contributed by atoms with E-state index >= 15 is 0 Å². The van der Waals surface area contributed by atoms with Crippen molar-refractivity contribution in [3.05, 3.63) is 52.2 Å². The summed E-state index contributed by atoms with van der Waals surface area (Å²) in [7, 11) is 1.60. The van der Waals surface area contributed by atoms with Crippen molar-refractivity contribution in [3.8, 4) is 16.9 Å². The van der Waals surface area contributed by atoms with E-state index in [-0.39, 0.29) is 11.3 Å². The molecule has 0 saturated heterocycles. The second-order valence-electron chi connectivity index (χ2n) is 5.92. The van der Waals surface area contributed by atoms with Gasteiger partial charge < -0.3 is 9.72 Å². The highest BCUT2D eigenvalue weighted by Crippen LogP contribution is 2.40. The lowest BCUT2D eigenvalue weighted by atomic mass is 9.94. The number of ether oxygens (including phenoxy) is 1. The predicted molar refractivity (Wildman–Crippen MR) is 102 cm³/mol. The Bertz CT molecular complexity index is 1220. The number of fused-ring (bicyclic) bond motifs is 3. The third-order valence-electron chi connectivity index (χ3n) is 4.32. The maximum atomic E-state index is 12.4. The number of carbonyl (C=O) groups is 1. The molecule has 0 bridgehead atoms. The SMILES string of the molecule is COc1ccc(-c2c(C(C)=O)c(C)nc3sc4c(=O)[nH]cnc4c23)cc1. The molecule has 130 valence electrons. The van der Waals surface area contributed by atoms with E-state index in [4.69, 9.17) is 4.74 Å². The summed E-state index contributed by atoms with van der Waals surface area (Å²) in [6, 6.07) is 7.48. The number of Topliss-reactive ketones (excluding diaryl/α,β-unsaturated/α-hetero) is 1. The quantitative estimate of drug-likeness (QED) is 0.559. The smallest absolute Gasteiger partial charge is 0.268 e. The minimum atomic E-state index is -0.208. The van der Waals surface area contributed by atoms with Gasteiger partial charge in [0.05, 0.1) is 24.6 Å². The number of methoxy groups -OCH3 is 1. The molecule has 6 nitrogen and oxygen atoms in total. The first-order valence-corrected chi connectivity index (χ1v) is 8.78. The summed E-state index contributed by atoms with van der Waals surface area (Å²) in [5.41, 5.74) is 3.15. The Morgan fingerprint density at radius 3 is 2.62 bits per heavy atom. The van der Waals surface area contributed by atoms with E-state index in [0.29, 0.717) is 26.3 Å². The number of nitrogens with one attached hydrogen (secondary N) is 1. The van der Waals surface area contributed by atoms with Crippen LogP contribution in [-0.2, 0) is 0 Å². The van der Waals surface area contributed by atoms with Gasteiger partial charge in [-0.25, -0.2) is 9.97 Å². The summed E-state index contributed by atoms with van der Waals surface area (Å²) in [5, 5.41) is 0.733. The fourth-order valence-corrected chi connectivity index (χ4v) is 4.28. The van der Waals surface area contributed by atoms with Crippen molar-refractivity contribution < 1.29 is 9.53 Å². The molecule has 1 N–H and O–H groups in total. The number of thiophene rings is 1. The predicted octanol–water partition coefficient (Wildman–Crippen LogP) is 3.72. The van der Waals surface area contributed by atoms with Gasteiger partial charge in [0.2, 0.25) is 0 Å². The minimum Gasteiger partial charge on any atom is -0.497 e. The van der Waals surface area contributed by atoms with E-state index in [1.165, 1.54) is 24.6 Å². The Morgan fingerprint density at radius 1 is 1.23 bits per heavy atom. The van der Waals surface area contributed by atoms with Gasteiger partial charge in [0.1, 0.15) is 15.3 Å². The highest BCUT2D eigenvalue weighted by molar-refractivity contribution is 7.25. The Labute approximate surface area is 152 Å². The number of rotatable bonds is 3. The zero-order chi connectivity index (χ0) is 18.4. The van der Waals surface area contributed by atoms with E-state index in [1.54, 1.807) is 7.11 Å². The van der Waals surface area contributed by atoms with Crippen LogP contribution in [0.4, 0.5) is 0 Å². The molecular formula is C19H15N3O3S. The summed E-state index contributed by atoms with van der Waals surface area (Å²) in [6.07, 6.45) is 1.38. The molecule has 0 atom stereocenters. The molecule has 0 aliphatic heterocycles. The normalized spacial score (nSPS) is 11.2. The summed E-state index contributed by atoms with van der Waals surface area (Å²) in [5.74, 6) is 0.650. The largest absolute Gasteiger partial charge is 0.497 e. The highest BCUT2D eigenvalue weighted by atomic mass is 32.1. The first kappa shape index (κ1) is 16.4. The summed E-state index contributed by atoms with van der Waals surface area (Å²) >= 11 is 1.29. The van der Waals surface area contributed by atoms with Crippen molar-refractivity contribution in [1.29, 1.82) is 0 Å². The molecule has 3 heterocycles. The number of carbonyl (C=O) groups excluding carboxylic acids is 1. The Kier molecular flexibility index (Phi) is 3.81. The number of nitrogens with zero attached hydrogens (tertiary/aromatic N) is 2. The summed E-state index contributed by atoms with van der Waals surface area (Å²) < 4.78 is 5.73. The molecule has 4 rings (SSSR count). The summed E-state index contributed by atoms with van der Waals surface area (Å²) in [4.78, 5) is 36.8. The van der Waals surface area contributed by atoms with Crippen LogP contribution < -0.4 is 10.3 Å².